The Morgan fingerprint density at radius 1 is 1.00 bits per heavy atom. The molecule has 4 aromatic rings. The minimum atomic E-state index is -4.79. The summed E-state index contributed by atoms with van der Waals surface area (Å²) in [6.45, 7) is 0.0970. The maximum Gasteiger partial charge on any atom is 0.442 e. The third kappa shape index (κ3) is 3.84. The summed E-state index contributed by atoms with van der Waals surface area (Å²) in [4.78, 5) is 13.9. The van der Waals surface area contributed by atoms with Gasteiger partial charge < -0.3 is 10.0 Å². The van der Waals surface area contributed by atoms with Crippen LogP contribution in [0.25, 0.3) is 11.2 Å². The molecular weight excluding hydrogens is 513 g/mol. The van der Waals surface area contributed by atoms with Crippen molar-refractivity contribution in [2.75, 3.05) is 18.0 Å². The molecule has 5 heterocycles. The Hall–Kier alpha value is -4.14. The number of aliphatic hydroxyl groups excluding tert-OH is 1. The van der Waals surface area contributed by atoms with Crippen LogP contribution in [0.1, 0.15) is 29.1 Å². The normalized spacial score (nSPS) is 18.9. The van der Waals surface area contributed by atoms with E-state index < -0.39 is 29.7 Å². The van der Waals surface area contributed by atoms with Gasteiger partial charge in [0.05, 0.1) is 18.3 Å². The highest BCUT2D eigenvalue weighted by Gasteiger charge is 2.66. The zero-order valence-electron chi connectivity index (χ0n) is 19.4. The lowest BCUT2D eigenvalue weighted by Crippen LogP contribution is -2.32. The summed E-state index contributed by atoms with van der Waals surface area (Å²) in [5.74, 6) is -4.40. The first-order valence-corrected chi connectivity index (χ1v) is 11.5. The van der Waals surface area contributed by atoms with Gasteiger partial charge in [-0.05, 0) is 12.5 Å². The van der Waals surface area contributed by atoms with Gasteiger partial charge in [-0.15, -0.1) is 15.3 Å². The molecule has 0 aliphatic carbocycles. The molecule has 6 rings (SSSR count). The van der Waals surface area contributed by atoms with Gasteiger partial charge in [-0.25, -0.2) is 14.6 Å². The molecule has 15 heteroatoms. The Kier molecular flexibility index (Phi) is 5.38. The lowest BCUT2D eigenvalue weighted by atomic mass is 10.0. The van der Waals surface area contributed by atoms with E-state index in [1.54, 1.807) is 11.0 Å². The summed E-state index contributed by atoms with van der Waals surface area (Å²) >= 11 is 0. The summed E-state index contributed by atoms with van der Waals surface area (Å²) in [6.07, 6.45) is -3.78. The zero-order valence-corrected chi connectivity index (χ0v) is 19.4. The minimum absolute atomic E-state index is 0.0450. The molecule has 0 unspecified atom stereocenters. The van der Waals surface area contributed by atoms with Gasteiger partial charge in [0.2, 0.25) is 5.82 Å². The van der Waals surface area contributed by atoms with Crippen LogP contribution in [0.2, 0.25) is 0 Å². The van der Waals surface area contributed by atoms with Crippen LogP contribution in [0, 0.1) is 0 Å². The SMILES string of the molecule is O[C@H]1CCN(c2nc(C(F)(F)c3ccccc3)nc3c2nnn3Cc2ncccc2C2(C(F)(F)F)N=N2)C1. The summed E-state index contributed by atoms with van der Waals surface area (Å²) < 4.78 is 73.4. The second-order valence-corrected chi connectivity index (χ2v) is 8.99. The molecule has 0 amide bonds. The molecule has 1 N–H and O–H groups in total. The van der Waals surface area contributed by atoms with Crippen molar-refractivity contribution in [1.29, 1.82) is 0 Å². The molecule has 10 nitrogen and oxygen atoms in total. The Morgan fingerprint density at radius 2 is 1.76 bits per heavy atom. The number of fused-ring (bicyclic) bond motifs is 1. The molecular formula is C23H18F5N9O. The third-order valence-corrected chi connectivity index (χ3v) is 6.49. The number of hydrogen-bond acceptors (Lipinski definition) is 9. The maximum atomic E-state index is 15.6. The molecule has 0 radical (unpaired) electrons. The van der Waals surface area contributed by atoms with E-state index in [2.05, 4.69) is 35.5 Å². The molecule has 1 saturated heterocycles. The number of alkyl halides is 5. The Bertz CT molecular complexity index is 1530. The van der Waals surface area contributed by atoms with E-state index in [0.29, 0.717) is 13.0 Å². The van der Waals surface area contributed by atoms with E-state index in [4.69, 9.17) is 0 Å². The van der Waals surface area contributed by atoms with Crippen LogP contribution in [0.4, 0.5) is 27.8 Å². The van der Waals surface area contributed by atoms with Crippen molar-refractivity contribution in [3.63, 3.8) is 0 Å². The number of benzene rings is 1. The zero-order chi connectivity index (χ0) is 26.7. The second kappa shape index (κ2) is 8.44. The van der Waals surface area contributed by atoms with Gasteiger partial charge in [-0.1, -0.05) is 41.6 Å². The molecule has 3 aromatic heterocycles. The average molecular weight is 531 g/mol. The van der Waals surface area contributed by atoms with Gasteiger partial charge in [0.25, 0.3) is 0 Å². The highest BCUT2D eigenvalue weighted by molar-refractivity contribution is 5.83. The van der Waals surface area contributed by atoms with E-state index in [1.807, 2.05) is 0 Å². The molecule has 1 atom stereocenters. The Balaban J connectivity index is 1.48. The first-order valence-electron chi connectivity index (χ1n) is 11.5. The average Bonchev–Trinajstić information content (AvgIpc) is 3.47. The van der Waals surface area contributed by atoms with Gasteiger partial charge in [0.15, 0.2) is 17.0 Å². The number of hydrogen-bond donors (Lipinski definition) is 1. The molecule has 1 fully saturated rings. The Labute approximate surface area is 210 Å². The number of anilines is 1. The van der Waals surface area contributed by atoms with Crippen LogP contribution in [-0.2, 0) is 18.1 Å². The van der Waals surface area contributed by atoms with Crippen molar-refractivity contribution in [3.8, 4) is 0 Å². The molecule has 0 bridgehead atoms. The predicted molar refractivity (Wildman–Crippen MR) is 121 cm³/mol. The fraction of sp³-hybridized carbons (Fsp3) is 0.348. The summed E-state index contributed by atoms with van der Waals surface area (Å²) in [6, 6.07) is 9.51. The van der Waals surface area contributed by atoms with Crippen LogP contribution in [-0.4, -0.2) is 60.4 Å². The van der Waals surface area contributed by atoms with Gasteiger partial charge >= 0.3 is 17.8 Å². The molecule has 2 aliphatic rings. The first-order chi connectivity index (χ1) is 18.1. The predicted octanol–water partition coefficient (Wildman–Crippen LogP) is 3.56. The standard InChI is InChI=1S/C23H18F5N9O/c24-21(25,13-5-2-1-3-6-13)20-30-18(36-10-8-14(38)11-36)17-19(31-20)37(35-32-17)12-16-15(7-4-9-29-16)22(33-34-22)23(26,27)28/h1-7,9,14,38H,8,10-12H2/t14-/m0/s1. The number of aromatic nitrogens is 6. The highest BCUT2D eigenvalue weighted by atomic mass is 19.4. The van der Waals surface area contributed by atoms with Crippen LogP contribution in [0.3, 0.4) is 0 Å². The minimum Gasteiger partial charge on any atom is -0.391 e. The Morgan fingerprint density at radius 3 is 2.42 bits per heavy atom. The van der Waals surface area contributed by atoms with Crippen molar-refractivity contribution in [2.45, 2.75) is 36.8 Å². The fourth-order valence-electron chi connectivity index (χ4n) is 4.47. The molecule has 0 saturated carbocycles. The van der Waals surface area contributed by atoms with E-state index >= 15 is 8.78 Å². The van der Waals surface area contributed by atoms with Gasteiger partial charge in [-0.3, -0.25) is 4.98 Å². The van der Waals surface area contributed by atoms with Crippen molar-refractivity contribution in [1.82, 2.24) is 29.9 Å². The molecule has 1 aromatic carbocycles. The summed E-state index contributed by atoms with van der Waals surface area (Å²) in [5, 5.41) is 24.6. The number of rotatable bonds is 6. The third-order valence-electron chi connectivity index (χ3n) is 6.49. The van der Waals surface area contributed by atoms with E-state index in [9.17, 15) is 18.3 Å². The molecule has 38 heavy (non-hydrogen) atoms. The van der Waals surface area contributed by atoms with Crippen molar-refractivity contribution in [3.05, 3.63) is 71.3 Å². The first kappa shape index (κ1) is 24.2. The number of β-amino-alcohol motifs (C(OH)–C–C–N with tert-alkyl or cyclic N) is 1. The quantitative estimate of drug-likeness (QED) is 0.378. The van der Waals surface area contributed by atoms with Gasteiger partial charge in [0, 0.05) is 30.4 Å². The van der Waals surface area contributed by atoms with Crippen LogP contribution < -0.4 is 4.90 Å². The van der Waals surface area contributed by atoms with Crippen molar-refractivity contribution < 1.29 is 27.1 Å². The van der Waals surface area contributed by atoms with Gasteiger partial charge in [0.1, 0.15) is 0 Å². The molecule has 196 valence electrons. The van der Waals surface area contributed by atoms with Gasteiger partial charge in [-0.2, -0.15) is 22.0 Å². The van der Waals surface area contributed by atoms with Crippen LogP contribution in [0.15, 0.2) is 58.9 Å². The fourth-order valence-corrected chi connectivity index (χ4v) is 4.47. The maximum absolute atomic E-state index is 15.6. The topological polar surface area (TPSA) is 118 Å². The van der Waals surface area contributed by atoms with E-state index in [1.165, 1.54) is 42.6 Å². The van der Waals surface area contributed by atoms with Crippen LogP contribution in [0.5, 0.6) is 0 Å². The van der Waals surface area contributed by atoms with E-state index in [-0.39, 0.29) is 46.9 Å². The number of aliphatic hydroxyl groups is 1. The number of halogens is 5. The lowest BCUT2D eigenvalue weighted by molar-refractivity contribution is -0.166. The summed E-state index contributed by atoms with van der Waals surface area (Å²) in [5.41, 5.74) is -3.51. The summed E-state index contributed by atoms with van der Waals surface area (Å²) in [7, 11) is 0. The largest absolute Gasteiger partial charge is 0.442 e. The smallest absolute Gasteiger partial charge is 0.391 e. The second-order valence-electron chi connectivity index (χ2n) is 8.99. The molecule has 2 aliphatic heterocycles. The monoisotopic (exact) mass is 531 g/mol. The number of pyridine rings is 1. The number of nitrogens with zero attached hydrogens (tertiary/aromatic N) is 9. The van der Waals surface area contributed by atoms with Crippen molar-refractivity contribution in [2.24, 2.45) is 10.2 Å². The van der Waals surface area contributed by atoms with Crippen molar-refractivity contribution >= 4 is 17.0 Å². The molecule has 0 spiro atoms. The highest BCUT2D eigenvalue weighted by Crippen LogP contribution is 2.53. The van der Waals surface area contributed by atoms with E-state index in [0.717, 1.165) is 4.68 Å². The lowest BCUT2D eigenvalue weighted by Gasteiger charge is -2.21. The van der Waals surface area contributed by atoms with Crippen LogP contribution >= 0.6 is 0 Å².